The van der Waals surface area contributed by atoms with E-state index in [9.17, 15) is 13.2 Å². The molecule has 0 fully saturated rings. The zero-order valence-corrected chi connectivity index (χ0v) is 10.1. The number of benzene rings is 1. The number of rotatable bonds is 4. The SMILES string of the molecule is COc1c(CC(C)(C)N)cc(F)cc1C(F)F. The molecule has 0 heterocycles. The Morgan fingerprint density at radius 3 is 2.35 bits per heavy atom. The van der Waals surface area contributed by atoms with Crippen LogP contribution in [0.25, 0.3) is 0 Å². The number of hydrogen-bond donors (Lipinski definition) is 1. The van der Waals surface area contributed by atoms with Crippen molar-refractivity contribution in [3.63, 3.8) is 0 Å². The number of halogens is 3. The highest BCUT2D eigenvalue weighted by molar-refractivity contribution is 5.43. The van der Waals surface area contributed by atoms with Crippen molar-refractivity contribution in [3.05, 3.63) is 29.1 Å². The van der Waals surface area contributed by atoms with E-state index in [0.717, 1.165) is 6.07 Å². The molecule has 0 aromatic heterocycles. The molecule has 1 aromatic rings. The van der Waals surface area contributed by atoms with Gasteiger partial charge in [-0.25, -0.2) is 13.2 Å². The molecule has 0 saturated heterocycles. The Bertz CT molecular complexity index is 399. The van der Waals surface area contributed by atoms with Gasteiger partial charge < -0.3 is 10.5 Å². The van der Waals surface area contributed by atoms with Gasteiger partial charge >= 0.3 is 0 Å². The first kappa shape index (κ1) is 13.8. The summed E-state index contributed by atoms with van der Waals surface area (Å²) in [5.74, 6) is -0.694. The number of alkyl halides is 2. The van der Waals surface area contributed by atoms with Gasteiger partial charge in [-0.15, -0.1) is 0 Å². The van der Waals surface area contributed by atoms with Gasteiger partial charge in [0.25, 0.3) is 6.43 Å². The Morgan fingerprint density at radius 2 is 1.94 bits per heavy atom. The van der Waals surface area contributed by atoms with Crippen molar-refractivity contribution in [2.24, 2.45) is 5.73 Å². The molecule has 0 aliphatic heterocycles. The fraction of sp³-hybridized carbons (Fsp3) is 0.500. The van der Waals surface area contributed by atoms with E-state index in [-0.39, 0.29) is 12.2 Å². The number of nitrogens with two attached hydrogens (primary N) is 1. The van der Waals surface area contributed by atoms with Gasteiger partial charge in [-0.2, -0.15) is 0 Å². The predicted molar refractivity (Wildman–Crippen MR) is 59.9 cm³/mol. The van der Waals surface area contributed by atoms with E-state index in [4.69, 9.17) is 10.5 Å². The highest BCUT2D eigenvalue weighted by Gasteiger charge is 2.22. The molecule has 0 radical (unpaired) electrons. The van der Waals surface area contributed by atoms with Crippen molar-refractivity contribution < 1.29 is 17.9 Å². The summed E-state index contributed by atoms with van der Waals surface area (Å²) in [7, 11) is 1.28. The first-order valence-electron chi connectivity index (χ1n) is 5.18. The summed E-state index contributed by atoms with van der Waals surface area (Å²) in [5.41, 5.74) is 5.10. The smallest absolute Gasteiger partial charge is 0.267 e. The number of hydrogen-bond acceptors (Lipinski definition) is 2. The van der Waals surface area contributed by atoms with Crippen LogP contribution in [0.1, 0.15) is 31.4 Å². The van der Waals surface area contributed by atoms with Gasteiger partial charge in [-0.1, -0.05) is 0 Å². The van der Waals surface area contributed by atoms with E-state index in [1.807, 2.05) is 0 Å². The summed E-state index contributed by atoms with van der Waals surface area (Å²) < 4.78 is 43.6. The largest absolute Gasteiger partial charge is 0.496 e. The lowest BCUT2D eigenvalue weighted by molar-refractivity contribution is 0.146. The molecule has 0 spiro atoms. The maximum Gasteiger partial charge on any atom is 0.267 e. The van der Waals surface area contributed by atoms with Crippen LogP contribution in [0.2, 0.25) is 0 Å². The lowest BCUT2D eigenvalue weighted by Crippen LogP contribution is -2.34. The average Bonchev–Trinajstić information content (AvgIpc) is 2.14. The highest BCUT2D eigenvalue weighted by atomic mass is 19.3. The second-order valence-corrected chi connectivity index (χ2v) is 4.65. The molecular formula is C12H16F3NO. The van der Waals surface area contributed by atoms with Crippen LogP contribution in [0.3, 0.4) is 0 Å². The standard InChI is InChI=1S/C12H16F3NO/c1-12(2,16)6-7-4-8(13)5-9(11(14)15)10(7)17-3/h4-5,11H,6,16H2,1-3H3. The van der Waals surface area contributed by atoms with Crippen LogP contribution in [0.5, 0.6) is 5.75 Å². The van der Waals surface area contributed by atoms with Crippen LogP contribution in [-0.4, -0.2) is 12.6 Å². The van der Waals surface area contributed by atoms with E-state index in [1.54, 1.807) is 13.8 Å². The Kier molecular flexibility index (Phi) is 4.03. The third kappa shape index (κ3) is 3.63. The molecule has 96 valence electrons. The van der Waals surface area contributed by atoms with Gasteiger partial charge in [0.15, 0.2) is 0 Å². The Hall–Kier alpha value is -1.23. The van der Waals surface area contributed by atoms with Gasteiger partial charge in [0.1, 0.15) is 11.6 Å². The molecule has 0 aliphatic carbocycles. The average molecular weight is 247 g/mol. The van der Waals surface area contributed by atoms with Crippen molar-refractivity contribution in [3.8, 4) is 5.75 Å². The molecular weight excluding hydrogens is 231 g/mol. The Balaban J connectivity index is 3.28. The molecule has 0 unspecified atom stereocenters. The van der Waals surface area contributed by atoms with Gasteiger partial charge in [-0.3, -0.25) is 0 Å². The monoisotopic (exact) mass is 247 g/mol. The highest BCUT2D eigenvalue weighted by Crippen LogP contribution is 2.34. The summed E-state index contributed by atoms with van der Waals surface area (Å²) in [5, 5.41) is 0. The molecule has 5 heteroatoms. The summed E-state index contributed by atoms with van der Waals surface area (Å²) in [4.78, 5) is 0. The van der Waals surface area contributed by atoms with E-state index in [0.29, 0.717) is 5.56 Å². The van der Waals surface area contributed by atoms with Crippen LogP contribution in [-0.2, 0) is 6.42 Å². The first-order chi connectivity index (χ1) is 7.74. The molecule has 0 amide bonds. The third-order valence-corrected chi connectivity index (χ3v) is 2.24. The molecule has 17 heavy (non-hydrogen) atoms. The lowest BCUT2D eigenvalue weighted by atomic mass is 9.94. The minimum absolute atomic E-state index is 0.0138. The molecule has 1 rings (SSSR count). The van der Waals surface area contributed by atoms with E-state index in [1.165, 1.54) is 13.2 Å². The van der Waals surface area contributed by atoms with Crippen LogP contribution < -0.4 is 10.5 Å². The van der Waals surface area contributed by atoms with Gasteiger partial charge in [0.2, 0.25) is 0 Å². The summed E-state index contributed by atoms with van der Waals surface area (Å²) in [6.07, 6.45) is -2.52. The molecule has 0 atom stereocenters. The minimum atomic E-state index is -2.78. The first-order valence-corrected chi connectivity index (χ1v) is 5.18. The van der Waals surface area contributed by atoms with Gasteiger partial charge in [0, 0.05) is 5.54 Å². The Labute approximate surface area is 98.6 Å². The summed E-state index contributed by atoms with van der Waals surface area (Å²) >= 11 is 0. The van der Waals surface area contributed by atoms with Crippen molar-refractivity contribution in [1.82, 2.24) is 0 Å². The quantitative estimate of drug-likeness (QED) is 0.887. The van der Waals surface area contributed by atoms with Crippen molar-refractivity contribution >= 4 is 0 Å². The van der Waals surface area contributed by atoms with Crippen LogP contribution in [0.15, 0.2) is 12.1 Å². The topological polar surface area (TPSA) is 35.2 Å². The molecule has 2 nitrogen and oxygen atoms in total. The molecule has 0 aliphatic rings. The predicted octanol–water partition coefficient (Wildman–Crippen LogP) is 3.05. The molecule has 2 N–H and O–H groups in total. The van der Waals surface area contributed by atoms with Crippen LogP contribution >= 0.6 is 0 Å². The van der Waals surface area contributed by atoms with Gasteiger partial charge in [0.05, 0.1) is 12.7 Å². The number of ether oxygens (including phenoxy) is 1. The minimum Gasteiger partial charge on any atom is -0.496 e. The second-order valence-electron chi connectivity index (χ2n) is 4.65. The fourth-order valence-corrected chi connectivity index (χ4v) is 1.71. The maximum atomic E-state index is 13.2. The van der Waals surface area contributed by atoms with Crippen LogP contribution in [0.4, 0.5) is 13.2 Å². The van der Waals surface area contributed by atoms with E-state index < -0.39 is 23.3 Å². The summed E-state index contributed by atoms with van der Waals surface area (Å²) in [6.45, 7) is 3.47. The fourth-order valence-electron chi connectivity index (χ4n) is 1.71. The Morgan fingerprint density at radius 1 is 1.35 bits per heavy atom. The summed E-state index contributed by atoms with van der Waals surface area (Å²) in [6, 6.07) is 1.97. The molecule has 0 bridgehead atoms. The third-order valence-electron chi connectivity index (χ3n) is 2.24. The van der Waals surface area contributed by atoms with Crippen molar-refractivity contribution in [1.29, 1.82) is 0 Å². The number of methoxy groups -OCH3 is 1. The lowest BCUT2D eigenvalue weighted by Gasteiger charge is -2.21. The van der Waals surface area contributed by atoms with Crippen molar-refractivity contribution in [2.75, 3.05) is 7.11 Å². The van der Waals surface area contributed by atoms with Crippen LogP contribution in [0, 0.1) is 5.82 Å². The maximum absolute atomic E-state index is 13.2. The van der Waals surface area contributed by atoms with Gasteiger partial charge in [-0.05, 0) is 38.0 Å². The second kappa shape index (κ2) is 4.96. The zero-order valence-electron chi connectivity index (χ0n) is 10.1. The molecule has 0 saturated carbocycles. The normalized spacial score (nSPS) is 12.0. The molecule has 1 aromatic carbocycles. The van der Waals surface area contributed by atoms with E-state index in [2.05, 4.69) is 0 Å². The zero-order chi connectivity index (χ0) is 13.2. The van der Waals surface area contributed by atoms with E-state index >= 15 is 0 Å². The van der Waals surface area contributed by atoms with Crippen molar-refractivity contribution in [2.45, 2.75) is 32.2 Å².